The number of aryl methyl sites for hydroxylation is 1. The van der Waals surface area contributed by atoms with Crippen molar-refractivity contribution in [2.24, 2.45) is 5.73 Å². The average molecular weight is 298 g/mol. The first-order chi connectivity index (χ1) is 10.8. The molecule has 0 saturated heterocycles. The molecule has 3 rings (SSSR count). The molecule has 0 fully saturated rings. The quantitative estimate of drug-likeness (QED) is 0.891. The van der Waals surface area contributed by atoms with Crippen molar-refractivity contribution >= 4 is 5.69 Å². The normalized spacial score (nSPS) is 12.5. The lowest BCUT2D eigenvalue weighted by atomic mass is 10.1. The van der Waals surface area contributed by atoms with Crippen LogP contribution in [0.1, 0.15) is 18.1 Å². The molecule has 0 aliphatic carbocycles. The van der Waals surface area contributed by atoms with E-state index in [4.69, 9.17) is 15.2 Å². The van der Waals surface area contributed by atoms with E-state index in [2.05, 4.69) is 42.2 Å². The Hall–Kier alpha value is -2.20. The van der Waals surface area contributed by atoms with Gasteiger partial charge in [0.05, 0.1) is 0 Å². The Morgan fingerprint density at radius 2 is 1.73 bits per heavy atom. The molecule has 0 atom stereocenters. The summed E-state index contributed by atoms with van der Waals surface area (Å²) in [7, 11) is 0. The van der Waals surface area contributed by atoms with Gasteiger partial charge in [-0.25, -0.2) is 0 Å². The molecule has 0 saturated carbocycles. The zero-order chi connectivity index (χ0) is 15.4. The Bertz CT molecular complexity index is 625. The summed E-state index contributed by atoms with van der Waals surface area (Å²) < 4.78 is 10.8. The van der Waals surface area contributed by atoms with Crippen molar-refractivity contribution in [2.75, 3.05) is 24.8 Å². The summed E-state index contributed by atoms with van der Waals surface area (Å²) in [5.41, 5.74) is 9.51. The van der Waals surface area contributed by atoms with Crippen molar-refractivity contribution in [3.05, 3.63) is 53.6 Å². The summed E-state index contributed by atoms with van der Waals surface area (Å²) in [6, 6.07) is 14.8. The van der Waals surface area contributed by atoms with Crippen LogP contribution < -0.4 is 20.1 Å². The Morgan fingerprint density at radius 3 is 2.45 bits per heavy atom. The van der Waals surface area contributed by atoms with E-state index < -0.39 is 0 Å². The molecule has 1 aliphatic heterocycles. The molecule has 2 N–H and O–H groups in total. The van der Waals surface area contributed by atoms with E-state index >= 15 is 0 Å². The summed E-state index contributed by atoms with van der Waals surface area (Å²) in [6.07, 6.45) is 1.05. The van der Waals surface area contributed by atoms with E-state index in [0.29, 0.717) is 13.3 Å². The standard InChI is InChI=1S/C18H22N2O2/c1-2-14-3-6-16(7-4-14)20(10-9-19)12-15-5-8-17-18(11-15)22-13-21-17/h3-8,11H,2,9-10,12-13,19H2,1H3. The number of hydrogen-bond donors (Lipinski definition) is 1. The van der Waals surface area contributed by atoms with Gasteiger partial charge in [-0.2, -0.15) is 0 Å². The van der Waals surface area contributed by atoms with Crippen molar-refractivity contribution in [1.29, 1.82) is 0 Å². The fourth-order valence-electron chi connectivity index (χ4n) is 2.66. The molecule has 0 amide bonds. The molecule has 0 aromatic heterocycles. The summed E-state index contributed by atoms with van der Waals surface area (Å²) in [5, 5.41) is 0. The Kier molecular flexibility index (Phi) is 4.49. The van der Waals surface area contributed by atoms with E-state index in [-0.39, 0.29) is 0 Å². The lowest BCUT2D eigenvalue weighted by molar-refractivity contribution is 0.174. The largest absolute Gasteiger partial charge is 0.454 e. The summed E-state index contributed by atoms with van der Waals surface area (Å²) in [6.45, 7) is 4.72. The van der Waals surface area contributed by atoms with Gasteiger partial charge in [-0.3, -0.25) is 0 Å². The fourth-order valence-corrected chi connectivity index (χ4v) is 2.66. The van der Waals surface area contributed by atoms with Crippen molar-refractivity contribution in [1.82, 2.24) is 0 Å². The minimum atomic E-state index is 0.309. The van der Waals surface area contributed by atoms with Crippen LogP contribution in [-0.2, 0) is 13.0 Å². The van der Waals surface area contributed by atoms with Crippen molar-refractivity contribution in [3.8, 4) is 11.5 Å². The molecule has 4 heteroatoms. The van der Waals surface area contributed by atoms with Crippen molar-refractivity contribution < 1.29 is 9.47 Å². The maximum absolute atomic E-state index is 5.78. The fraction of sp³-hybridized carbons (Fsp3) is 0.333. The van der Waals surface area contributed by atoms with Crippen LogP contribution in [0.2, 0.25) is 0 Å². The molecule has 2 aromatic rings. The molecular weight excluding hydrogens is 276 g/mol. The van der Waals surface area contributed by atoms with Crippen molar-refractivity contribution in [3.63, 3.8) is 0 Å². The Balaban J connectivity index is 1.78. The van der Waals surface area contributed by atoms with Crippen LogP contribution in [0.4, 0.5) is 5.69 Å². The van der Waals surface area contributed by atoms with Gasteiger partial charge in [0.25, 0.3) is 0 Å². The first-order valence-corrected chi connectivity index (χ1v) is 7.72. The number of hydrogen-bond acceptors (Lipinski definition) is 4. The number of nitrogens with zero attached hydrogens (tertiary/aromatic N) is 1. The number of ether oxygens (including phenoxy) is 2. The van der Waals surface area contributed by atoms with Gasteiger partial charge in [0.15, 0.2) is 11.5 Å². The first kappa shape index (κ1) is 14.7. The van der Waals surface area contributed by atoms with Crippen LogP contribution in [0.3, 0.4) is 0 Å². The van der Waals surface area contributed by atoms with E-state index in [1.807, 2.05) is 12.1 Å². The molecule has 22 heavy (non-hydrogen) atoms. The van der Waals surface area contributed by atoms with E-state index in [9.17, 15) is 0 Å². The summed E-state index contributed by atoms with van der Waals surface area (Å²) in [5.74, 6) is 1.65. The smallest absolute Gasteiger partial charge is 0.231 e. The van der Waals surface area contributed by atoms with Gasteiger partial charge in [0.2, 0.25) is 6.79 Å². The predicted octanol–water partition coefficient (Wildman–Crippen LogP) is 2.94. The van der Waals surface area contributed by atoms with E-state index in [0.717, 1.165) is 31.0 Å². The topological polar surface area (TPSA) is 47.7 Å². The zero-order valence-corrected chi connectivity index (χ0v) is 12.9. The van der Waals surface area contributed by atoms with Gasteiger partial charge in [-0.15, -0.1) is 0 Å². The van der Waals surface area contributed by atoms with Gasteiger partial charge in [-0.05, 0) is 41.8 Å². The number of nitrogens with two attached hydrogens (primary N) is 1. The monoisotopic (exact) mass is 298 g/mol. The van der Waals surface area contributed by atoms with E-state index in [1.165, 1.54) is 16.8 Å². The third-order valence-corrected chi connectivity index (χ3v) is 3.92. The van der Waals surface area contributed by atoms with Crippen LogP contribution in [-0.4, -0.2) is 19.9 Å². The summed E-state index contributed by atoms with van der Waals surface area (Å²) in [4.78, 5) is 2.29. The Labute approximate surface area is 131 Å². The van der Waals surface area contributed by atoms with Crippen LogP contribution in [0.15, 0.2) is 42.5 Å². The second-order valence-corrected chi connectivity index (χ2v) is 5.42. The van der Waals surface area contributed by atoms with E-state index in [1.54, 1.807) is 0 Å². The average Bonchev–Trinajstić information content (AvgIpc) is 3.02. The second-order valence-electron chi connectivity index (χ2n) is 5.42. The number of anilines is 1. The maximum atomic E-state index is 5.78. The van der Waals surface area contributed by atoms with Gasteiger partial charge >= 0.3 is 0 Å². The first-order valence-electron chi connectivity index (χ1n) is 7.72. The van der Waals surface area contributed by atoms with Gasteiger partial charge in [0, 0.05) is 25.3 Å². The van der Waals surface area contributed by atoms with Crippen LogP contribution in [0.25, 0.3) is 0 Å². The molecule has 2 aromatic carbocycles. The third-order valence-electron chi connectivity index (χ3n) is 3.92. The lowest BCUT2D eigenvalue weighted by Gasteiger charge is -2.24. The molecular formula is C18H22N2O2. The SMILES string of the molecule is CCc1ccc(N(CCN)Cc2ccc3c(c2)OCO3)cc1. The highest BCUT2D eigenvalue weighted by molar-refractivity contribution is 5.50. The van der Waals surface area contributed by atoms with Crippen molar-refractivity contribution in [2.45, 2.75) is 19.9 Å². The molecule has 0 unspecified atom stereocenters. The predicted molar refractivity (Wildman–Crippen MR) is 88.5 cm³/mol. The van der Waals surface area contributed by atoms with Gasteiger partial charge in [-0.1, -0.05) is 25.1 Å². The Morgan fingerprint density at radius 1 is 1.00 bits per heavy atom. The highest BCUT2D eigenvalue weighted by Crippen LogP contribution is 2.33. The highest BCUT2D eigenvalue weighted by atomic mass is 16.7. The third kappa shape index (κ3) is 3.17. The minimum absolute atomic E-state index is 0.309. The number of benzene rings is 2. The molecule has 116 valence electrons. The van der Waals surface area contributed by atoms with Gasteiger partial charge in [0.1, 0.15) is 0 Å². The molecule has 0 spiro atoms. The molecule has 0 radical (unpaired) electrons. The van der Waals surface area contributed by atoms with Crippen LogP contribution in [0.5, 0.6) is 11.5 Å². The van der Waals surface area contributed by atoms with Crippen LogP contribution in [0, 0.1) is 0 Å². The molecule has 4 nitrogen and oxygen atoms in total. The lowest BCUT2D eigenvalue weighted by Crippen LogP contribution is -2.28. The minimum Gasteiger partial charge on any atom is -0.454 e. The second kappa shape index (κ2) is 6.71. The molecule has 1 heterocycles. The summed E-state index contributed by atoms with van der Waals surface area (Å²) >= 11 is 0. The maximum Gasteiger partial charge on any atom is 0.231 e. The number of rotatable bonds is 6. The zero-order valence-electron chi connectivity index (χ0n) is 12.9. The van der Waals surface area contributed by atoms with Crippen LogP contribution >= 0.6 is 0 Å². The number of fused-ring (bicyclic) bond motifs is 1. The van der Waals surface area contributed by atoms with Gasteiger partial charge < -0.3 is 20.1 Å². The molecule has 0 bridgehead atoms. The highest BCUT2D eigenvalue weighted by Gasteiger charge is 2.14. The molecule has 1 aliphatic rings.